The van der Waals surface area contributed by atoms with Crippen LogP contribution in [0.1, 0.15) is 38.3 Å². The highest BCUT2D eigenvalue weighted by Gasteiger charge is 2.22. The van der Waals surface area contributed by atoms with Gasteiger partial charge in [-0.2, -0.15) is 0 Å². The zero-order valence-electron chi connectivity index (χ0n) is 13.9. The Balaban J connectivity index is 2.06. The average molecular weight is 309 g/mol. The fraction of sp³-hybridized carbons (Fsp3) is 0.667. The molecular weight excluding hydrogens is 280 g/mol. The number of benzene rings is 1. The van der Waals surface area contributed by atoms with Crippen molar-refractivity contribution in [3.05, 3.63) is 34.3 Å². The van der Waals surface area contributed by atoms with Gasteiger partial charge >= 0.3 is 0 Å². The number of nitrogens with one attached hydrogen (secondary N) is 1. The molecule has 0 unspecified atom stereocenters. The van der Waals surface area contributed by atoms with E-state index in [4.69, 9.17) is 11.6 Å². The second-order valence-electron chi connectivity index (χ2n) is 7.68. The third kappa shape index (κ3) is 5.61. The quantitative estimate of drug-likeness (QED) is 0.881. The molecule has 1 fully saturated rings. The highest BCUT2D eigenvalue weighted by Crippen LogP contribution is 2.24. The summed E-state index contributed by atoms with van der Waals surface area (Å²) in [5, 5.41) is 4.37. The number of rotatable bonds is 5. The number of hydrogen-bond donors (Lipinski definition) is 1. The van der Waals surface area contributed by atoms with E-state index in [0.29, 0.717) is 5.41 Å². The average Bonchev–Trinajstić information content (AvgIpc) is 2.83. The molecule has 118 valence electrons. The molecule has 2 nitrogen and oxygen atoms in total. The molecule has 21 heavy (non-hydrogen) atoms. The van der Waals surface area contributed by atoms with E-state index in [1.54, 1.807) is 0 Å². The van der Waals surface area contributed by atoms with Gasteiger partial charge in [-0.1, -0.05) is 44.5 Å². The maximum atomic E-state index is 6.42. The predicted octanol–water partition coefficient (Wildman–Crippen LogP) is 4.11. The van der Waals surface area contributed by atoms with Crippen molar-refractivity contribution in [3.63, 3.8) is 0 Å². The SMILES string of the molecule is Cc1ccc(CN(C[C@H]2CCNC2)CC(C)(C)C)c(Cl)c1. The maximum Gasteiger partial charge on any atom is 0.0453 e. The molecule has 0 aliphatic carbocycles. The van der Waals surface area contributed by atoms with Gasteiger partial charge in [0.05, 0.1) is 0 Å². The van der Waals surface area contributed by atoms with Crippen molar-refractivity contribution in [1.82, 2.24) is 10.2 Å². The van der Waals surface area contributed by atoms with E-state index >= 15 is 0 Å². The molecule has 0 amide bonds. The Morgan fingerprint density at radius 2 is 2.10 bits per heavy atom. The first-order valence-electron chi connectivity index (χ1n) is 8.01. The third-order valence-electron chi connectivity index (χ3n) is 3.98. The smallest absolute Gasteiger partial charge is 0.0453 e. The maximum absolute atomic E-state index is 6.42. The number of halogens is 1. The van der Waals surface area contributed by atoms with Crippen molar-refractivity contribution in [2.45, 2.75) is 40.7 Å². The molecule has 0 radical (unpaired) electrons. The lowest BCUT2D eigenvalue weighted by Gasteiger charge is -2.32. The molecule has 1 aromatic rings. The molecule has 1 aliphatic heterocycles. The standard InChI is InChI=1S/C18H29ClN2/c1-14-5-6-16(17(19)9-14)12-21(13-18(2,3)4)11-15-7-8-20-10-15/h5-6,9,15,20H,7-8,10-13H2,1-4H3/t15-/m0/s1. The van der Waals surface area contributed by atoms with Gasteiger partial charge in [0.25, 0.3) is 0 Å². The van der Waals surface area contributed by atoms with Crippen LogP contribution in [-0.4, -0.2) is 31.1 Å². The fourth-order valence-electron chi connectivity index (χ4n) is 3.11. The first-order chi connectivity index (χ1) is 9.83. The lowest BCUT2D eigenvalue weighted by Crippen LogP contribution is -2.36. The summed E-state index contributed by atoms with van der Waals surface area (Å²) in [6.07, 6.45) is 1.29. The van der Waals surface area contributed by atoms with Gasteiger partial charge in [0.1, 0.15) is 0 Å². The summed E-state index contributed by atoms with van der Waals surface area (Å²) in [7, 11) is 0. The highest BCUT2D eigenvalue weighted by atomic mass is 35.5. The van der Waals surface area contributed by atoms with Gasteiger partial charge in [0.2, 0.25) is 0 Å². The van der Waals surface area contributed by atoms with Crippen molar-refractivity contribution in [2.24, 2.45) is 11.3 Å². The molecule has 0 aromatic heterocycles. The van der Waals surface area contributed by atoms with Gasteiger partial charge in [-0.25, -0.2) is 0 Å². The number of hydrogen-bond acceptors (Lipinski definition) is 2. The second kappa shape index (κ2) is 7.13. The van der Waals surface area contributed by atoms with Gasteiger partial charge in [0.15, 0.2) is 0 Å². The van der Waals surface area contributed by atoms with Crippen LogP contribution in [0, 0.1) is 18.3 Å². The zero-order chi connectivity index (χ0) is 15.5. The molecule has 0 bridgehead atoms. The van der Waals surface area contributed by atoms with Crippen molar-refractivity contribution in [3.8, 4) is 0 Å². The summed E-state index contributed by atoms with van der Waals surface area (Å²) < 4.78 is 0. The van der Waals surface area contributed by atoms with Gasteiger partial charge in [0, 0.05) is 24.7 Å². The third-order valence-corrected chi connectivity index (χ3v) is 4.33. The van der Waals surface area contributed by atoms with Crippen LogP contribution in [0.25, 0.3) is 0 Å². The van der Waals surface area contributed by atoms with E-state index < -0.39 is 0 Å². The molecule has 1 N–H and O–H groups in total. The van der Waals surface area contributed by atoms with Gasteiger partial charge in [-0.05, 0) is 55.0 Å². The summed E-state index contributed by atoms with van der Waals surface area (Å²) in [5.74, 6) is 0.775. The predicted molar refractivity (Wildman–Crippen MR) is 91.9 cm³/mol. The molecular formula is C18H29ClN2. The van der Waals surface area contributed by atoms with E-state index in [-0.39, 0.29) is 0 Å². The van der Waals surface area contributed by atoms with E-state index in [2.05, 4.69) is 56.1 Å². The van der Waals surface area contributed by atoms with Crippen molar-refractivity contribution in [1.29, 1.82) is 0 Å². The minimum atomic E-state index is 0.309. The van der Waals surface area contributed by atoms with Gasteiger partial charge < -0.3 is 5.32 Å². The Kier molecular flexibility index (Phi) is 5.70. The summed E-state index contributed by atoms with van der Waals surface area (Å²) in [6, 6.07) is 6.41. The van der Waals surface area contributed by atoms with Gasteiger partial charge in [-0.15, -0.1) is 0 Å². The van der Waals surface area contributed by atoms with Crippen molar-refractivity contribution in [2.75, 3.05) is 26.2 Å². The van der Waals surface area contributed by atoms with Crippen LogP contribution >= 0.6 is 11.6 Å². The van der Waals surface area contributed by atoms with Crippen LogP contribution in [0.3, 0.4) is 0 Å². The van der Waals surface area contributed by atoms with Crippen LogP contribution in [0.4, 0.5) is 0 Å². The minimum Gasteiger partial charge on any atom is -0.316 e. The van der Waals surface area contributed by atoms with Crippen molar-refractivity contribution >= 4 is 11.6 Å². The lowest BCUT2D eigenvalue weighted by molar-refractivity contribution is 0.163. The molecule has 1 saturated heterocycles. The van der Waals surface area contributed by atoms with Gasteiger partial charge in [-0.3, -0.25) is 4.90 Å². The van der Waals surface area contributed by atoms with Crippen molar-refractivity contribution < 1.29 is 0 Å². The van der Waals surface area contributed by atoms with Crippen LogP contribution < -0.4 is 5.32 Å². The largest absolute Gasteiger partial charge is 0.316 e. The Morgan fingerprint density at radius 3 is 2.67 bits per heavy atom. The molecule has 1 heterocycles. The molecule has 2 rings (SSSR count). The Morgan fingerprint density at radius 1 is 1.33 bits per heavy atom. The number of nitrogens with zero attached hydrogens (tertiary/aromatic N) is 1. The summed E-state index contributed by atoms with van der Waals surface area (Å²) in [4.78, 5) is 2.58. The second-order valence-corrected chi connectivity index (χ2v) is 8.09. The summed E-state index contributed by atoms with van der Waals surface area (Å²) in [6.45, 7) is 14.6. The highest BCUT2D eigenvalue weighted by molar-refractivity contribution is 6.31. The number of aryl methyl sites for hydroxylation is 1. The van der Waals surface area contributed by atoms with E-state index in [0.717, 1.165) is 37.1 Å². The van der Waals surface area contributed by atoms with E-state index in [9.17, 15) is 0 Å². The van der Waals surface area contributed by atoms with E-state index in [1.165, 1.54) is 24.1 Å². The normalized spacial score (nSPS) is 19.4. The van der Waals surface area contributed by atoms with Crippen LogP contribution in [-0.2, 0) is 6.54 Å². The molecule has 1 aromatic carbocycles. The fourth-order valence-corrected chi connectivity index (χ4v) is 3.41. The first kappa shape index (κ1) is 16.8. The Bertz CT molecular complexity index is 459. The summed E-state index contributed by atoms with van der Waals surface area (Å²) in [5.41, 5.74) is 2.78. The molecule has 0 spiro atoms. The minimum absolute atomic E-state index is 0.309. The first-order valence-corrected chi connectivity index (χ1v) is 8.39. The Labute approximate surface area is 134 Å². The molecule has 1 aliphatic rings. The lowest BCUT2D eigenvalue weighted by atomic mass is 9.95. The zero-order valence-corrected chi connectivity index (χ0v) is 14.6. The van der Waals surface area contributed by atoms with Crippen LogP contribution in [0.5, 0.6) is 0 Å². The van der Waals surface area contributed by atoms with E-state index in [1.807, 2.05) is 0 Å². The molecule has 0 saturated carbocycles. The monoisotopic (exact) mass is 308 g/mol. The van der Waals surface area contributed by atoms with Crippen LogP contribution in [0.2, 0.25) is 5.02 Å². The molecule has 1 atom stereocenters. The van der Waals surface area contributed by atoms with Crippen LogP contribution in [0.15, 0.2) is 18.2 Å². The Hall–Kier alpha value is -0.570. The topological polar surface area (TPSA) is 15.3 Å². The summed E-state index contributed by atoms with van der Waals surface area (Å²) >= 11 is 6.42. The molecule has 3 heteroatoms.